The number of amides is 2. The highest BCUT2D eigenvalue weighted by molar-refractivity contribution is 8.01. The van der Waals surface area contributed by atoms with Gasteiger partial charge in [0.05, 0.1) is 17.5 Å². The zero-order valence-corrected chi connectivity index (χ0v) is 16.6. The van der Waals surface area contributed by atoms with Gasteiger partial charge in [0, 0.05) is 17.6 Å². The average Bonchev–Trinajstić information content (AvgIpc) is 3.29. The van der Waals surface area contributed by atoms with Crippen molar-refractivity contribution in [3.63, 3.8) is 0 Å². The normalized spacial score (nSPS) is 25.7. The first-order valence-electron chi connectivity index (χ1n) is 9.34. The van der Waals surface area contributed by atoms with Gasteiger partial charge in [-0.2, -0.15) is 0 Å². The van der Waals surface area contributed by atoms with E-state index in [-0.39, 0.29) is 22.7 Å². The van der Waals surface area contributed by atoms with Crippen LogP contribution in [0, 0.1) is 0 Å². The molecule has 2 saturated heterocycles. The summed E-state index contributed by atoms with van der Waals surface area (Å²) in [7, 11) is 0. The highest BCUT2D eigenvalue weighted by atomic mass is 32.2. The van der Waals surface area contributed by atoms with Crippen molar-refractivity contribution in [3.8, 4) is 5.75 Å². The molecule has 27 heavy (non-hydrogen) atoms. The highest BCUT2D eigenvalue weighted by Crippen LogP contribution is 2.47. The van der Waals surface area contributed by atoms with E-state index in [0.29, 0.717) is 35.9 Å². The molecule has 0 aliphatic carbocycles. The Kier molecular flexibility index (Phi) is 4.58. The van der Waals surface area contributed by atoms with Crippen molar-refractivity contribution in [2.45, 2.75) is 50.6 Å². The maximum absolute atomic E-state index is 12.9. The molecule has 2 amide bonds. The van der Waals surface area contributed by atoms with Crippen molar-refractivity contribution in [3.05, 3.63) is 30.0 Å². The van der Waals surface area contributed by atoms with E-state index in [9.17, 15) is 9.59 Å². The Bertz CT molecular complexity index is 895. The average molecular weight is 388 g/mol. The lowest BCUT2D eigenvalue weighted by atomic mass is 10.1. The van der Waals surface area contributed by atoms with Crippen molar-refractivity contribution in [1.29, 1.82) is 0 Å². The summed E-state index contributed by atoms with van der Waals surface area (Å²) in [5.41, 5.74) is 0.689. The summed E-state index contributed by atoms with van der Waals surface area (Å²) in [4.78, 5) is 26.6. The molecule has 2 fully saturated rings. The molecular formula is C20H24N2O4S. The van der Waals surface area contributed by atoms with Crippen LogP contribution in [0.3, 0.4) is 0 Å². The molecule has 0 bridgehead atoms. The van der Waals surface area contributed by atoms with Gasteiger partial charge in [-0.25, -0.2) is 0 Å². The van der Waals surface area contributed by atoms with Crippen molar-refractivity contribution < 1.29 is 18.7 Å². The number of rotatable bonds is 5. The van der Waals surface area contributed by atoms with Gasteiger partial charge in [-0.3, -0.25) is 9.59 Å². The maximum atomic E-state index is 12.9. The van der Waals surface area contributed by atoms with Crippen LogP contribution < -0.4 is 10.1 Å². The van der Waals surface area contributed by atoms with E-state index in [1.165, 1.54) is 0 Å². The van der Waals surface area contributed by atoms with Crippen LogP contribution in [-0.4, -0.2) is 40.0 Å². The number of thioether (sulfide) groups is 1. The number of benzene rings is 1. The van der Waals surface area contributed by atoms with Gasteiger partial charge in [-0.05, 0) is 39.3 Å². The second-order valence-corrected chi connectivity index (χ2v) is 8.75. The molecule has 1 aromatic carbocycles. The molecular weight excluding hydrogens is 364 g/mol. The smallest absolute Gasteiger partial charge is 0.244 e. The number of hydrogen-bond acceptors (Lipinski definition) is 5. The Morgan fingerprint density at radius 1 is 1.52 bits per heavy atom. The molecule has 3 unspecified atom stereocenters. The molecule has 3 heterocycles. The van der Waals surface area contributed by atoms with Crippen LogP contribution in [0.15, 0.2) is 28.7 Å². The predicted molar refractivity (Wildman–Crippen MR) is 105 cm³/mol. The third kappa shape index (κ3) is 3.08. The van der Waals surface area contributed by atoms with Crippen molar-refractivity contribution in [2.75, 3.05) is 12.4 Å². The van der Waals surface area contributed by atoms with Crippen LogP contribution in [0.1, 0.15) is 45.4 Å². The predicted octanol–water partition coefficient (Wildman–Crippen LogP) is 3.46. The number of nitrogens with zero attached hydrogens (tertiary/aromatic N) is 1. The lowest BCUT2D eigenvalue weighted by molar-refractivity contribution is -0.138. The molecule has 0 spiro atoms. The molecule has 1 N–H and O–H groups in total. The van der Waals surface area contributed by atoms with E-state index in [4.69, 9.17) is 9.15 Å². The fourth-order valence-electron chi connectivity index (χ4n) is 3.93. The lowest BCUT2D eigenvalue weighted by Gasteiger charge is -2.30. The van der Waals surface area contributed by atoms with Crippen LogP contribution in [0.2, 0.25) is 0 Å². The van der Waals surface area contributed by atoms with E-state index in [0.717, 1.165) is 11.8 Å². The highest BCUT2D eigenvalue weighted by Gasteiger charge is 2.53. The number of furan rings is 1. The second-order valence-electron chi connectivity index (χ2n) is 7.25. The fraction of sp³-hybridized carbons (Fsp3) is 0.500. The topological polar surface area (TPSA) is 71.8 Å². The van der Waals surface area contributed by atoms with E-state index in [1.54, 1.807) is 16.7 Å². The Hall–Kier alpha value is -2.15. The van der Waals surface area contributed by atoms with E-state index < -0.39 is 6.04 Å². The zero-order chi connectivity index (χ0) is 19.2. The molecule has 6 nitrogen and oxygen atoms in total. The standard InChI is InChI=1S/C20H24N2O4S/c1-4-25-15-7-5-6-13-10-16(26-18(13)15)12(2)21-19(24)14-11-27-20(3)9-8-17(23)22(14)20/h5-7,10,12,14H,4,8-9,11H2,1-3H3,(H,21,24). The van der Waals surface area contributed by atoms with E-state index >= 15 is 0 Å². The number of fused-ring (bicyclic) bond motifs is 2. The van der Waals surface area contributed by atoms with E-state index in [1.807, 2.05) is 45.0 Å². The van der Waals surface area contributed by atoms with Gasteiger partial charge in [0.2, 0.25) is 11.8 Å². The van der Waals surface area contributed by atoms with Crippen LogP contribution in [0.5, 0.6) is 5.75 Å². The lowest BCUT2D eigenvalue weighted by Crippen LogP contribution is -2.50. The number of carbonyl (C=O) groups excluding carboxylic acids is 2. The van der Waals surface area contributed by atoms with Gasteiger partial charge in [-0.15, -0.1) is 11.8 Å². The summed E-state index contributed by atoms with van der Waals surface area (Å²) < 4.78 is 11.6. The maximum Gasteiger partial charge on any atom is 0.244 e. The molecule has 0 radical (unpaired) electrons. The van der Waals surface area contributed by atoms with Crippen LogP contribution in [0.4, 0.5) is 0 Å². The number of carbonyl (C=O) groups is 2. The number of ether oxygens (including phenoxy) is 1. The van der Waals surface area contributed by atoms with Gasteiger partial charge in [-0.1, -0.05) is 12.1 Å². The molecule has 4 rings (SSSR count). The molecule has 2 aromatic rings. The third-order valence-electron chi connectivity index (χ3n) is 5.36. The van der Waals surface area contributed by atoms with Crippen molar-refractivity contribution in [1.82, 2.24) is 10.2 Å². The molecule has 7 heteroatoms. The number of hydrogen-bond donors (Lipinski definition) is 1. The zero-order valence-electron chi connectivity index (χ0n) is 15.8. The Labute approximate surface area is 162 Å². The molecule has 1 aromatic heterocycles. The Balaban J connectivity index is 1.51. The van der Waals surface area contributed by atoms with Gasteiger partial charge < -0.3 is 19.4 Å². The van der Waals surface area contributed by atoms with Gasteiger partial charge >= 0.3 is 0 Å². The SMILES string of the molecule is CCOc1cccc2cc(C(C)NC(=O)C3CSC4(C)CCC(=O)N34)oc12. The van der Waals surface area contributed by atoms with Crippen LogP contribution >= 0.6 is 11.8 Å². The monoisotopic (exact) mass is 388 g/mol. The first-order valence-corrected chi connectivity index (χ1v) is 10.3. The van der Waals surface area contributed by atoms with Gasteiger partial charge in [0.15, 0.2) is 11.3 Å². The quantitative estimate of drug-likeness (QED) is 0.849. The van der Waals surface area contributed by atoms with Crippen LogP contribution in [-0.2, 0) is 9.59 Å². The van der Waals surface area contributed by atoms with Gasteiger partial charge in [0.25, 0.3) is 0 Å². The summed E-state index contributed by atoms with van der Waals surface area (Å²) in [6.45, 7) is 6.43. The first-order chi connectivity index (χ1) is 12.9. The minimum Gasteiger partial charge on any atom is -0.490 e. The summed E-state index contributed by atoms with van der Waals surface area (Å²) in [6, 6.07) is 6.97. The fourth-order valence-corrected chi connectivity index (χ4v) is 5.37. The largest absolute Gasteiger partial charge is 0.490 e. The Morgan fingerprint density at radius 3 is 3.11 bits per heavy atom. The van der Waals surface area contributed by atoms with Crippen molar-refractivity contribution in [2.24, 2.45) is 0 Å². The molecule has 2 aliphatic rings. The molecule has 144 valence electrons. The minimum absolute atomic E-state index is 0.0698. The van der Waals surface area contributed by atoms with Crippen LogP contribution in [0.25, 0.3) is 11.0 Å². The summed E-state index contributed by atoms with van der Waals surface area (Å²) in [6.07, 6.45) is 1.33. The van der Waals surface area contributed by atoms with Gasteiger partial charge in [0.1, 0.15) is 11.8 Å². The Morgan fingerprint density at radius 2 is 2.33 bits per heavy atom. The number of para-hydroxylation sites is 1. The summed E-state index contributed by atoms with van der Waals surface area (Å²) in [5.74, 6) is 1.95. The van der Waals surface area contributed by atoms with E-state index in [2.05, 4.69) is 5.32 Å². The molecule has 0 saturated carbocycles. The minimum atomic E-state index is -0.416. The molecule has 3 atom stereocenters. The second kappa shape index (κ2) is 6.78. The number of nitrogens with one attached hydrogen (secondary N) is 1. The van der Waals surface area contributed by atoms with Crippen molar-refractivity contribution >= 4 is 34.5 Å². The summed E-state index contributed by atoms with van der Waals surface area (Å²) >= 11 is 1.69. The summed E-state index contributed by atoms with van der Waals surface area (Å²) in [5, 5.41) is 3.96. The first kappa shape index (κ1) is 18.2. The molecule has 2 aliphatic heterocycles. The third-order valence-corrected chi connectivity index (χ3v) is 6.87.